The van der Waals surface area contributed by atoms with E-state index in [4.69, 9.17) is 4.55 Å². The molecule has 2 rings (SSSR count). The van der Waals surface area contributed by atoms with E-state index in [-0.39, 0.29) is 5.54 Å². The Kier molecular flexibility index (Phi) is 7.14. The minimum absolute atomic E-state index is 0.283. The van der Waals surface area contributed by atoms with Gasteiger partial charge in [-0.25, -0.2) is 0 Å². The third-order valence-corrected chi connectivity index (χ3v) is 5.37. The summed E-state index contributed by atoms with van der Waals surface area (Å²) in [7, 11) is 0. The highest BCUT2D eigenvalue weighted by Gasteiger charge is 2.31. The van der Waals surface area contributed by atoms with Crippen molar-refractivity contribution in [3.05, 3.63) is 33.4 Å². The van der Waals surface area contributed by atoms with Crippen LogP contribution in [0.25, 0.3) is 0 Å². The van der Waals surface area contributed by atoms with E-state index in [1.165, 1.54) is 41.2 Å². The standard InChI is InChI=1S/C16H24INOS/c17-15-7-5-14(6-8-15)13-16(9-2-1-3-10-16)18-11-4-12-20-19/h5-8,18-19H,1-4,9-13H2. The molecule has 2 N–H and O–H groups in total. The molecule has 1 saturated carbocycles. The van der Waals surface area contributed by atoms with E-state index in [2.05, 4.69) is 52.2 Å². The van der Waals surface area contributed by atoms with Gasteiger partial charge < -0.3 is 9.87 Å². The highest BCUT2D eigenvalue weighted by atomic mass is 127. The van der Waals surface area contributed by atoms with Crippen LogP contribution in [0.3, 0.4) is 0 Å². The molecule has 0 atom stereocenters. The van der Waals surface area contributed by atoms with Crippen molar-refractivity contribution in [2.75, 3.05) is 12.3 Å². The predicted octanol–water partition coefficient (Wildman–Crippen LogP) is 4.72. The van der Waals surface area contributed by atoms with E-state index < -0.39 is 0 Å². The minimum atomic E-state index is 0.283. The largest absolute Gasteiger partial charge is 0.330 e. The highest BCUT2D eigenvalue weighted by Crippen LogP contribution is 2.31. The van der Waals surface area contributed by atoms with Gasteiger partial charge in [0.1, 0.15) is 0 Å². The number of nitrogens with one attached hydrogen (secondary N) is 1. The Labute approximate surface area is 140 Å². The van der Waals surface area contributed by atoms with Crippen molar-refractivity contribution in [3.63, 3.8) is 0 Å². The molecular weight excluding hydrogens is 381 g/mol. The van der Waals surface area contributed by atoms with Crippen LogP contribution in [0.15, 0.2) is 24.3 Å². The maximum Gasteiger partial charge on any atom is 0.0221 e. The Hall–Kier alpha value is 0.220. The first-order valence-corrected chi connectivity index (χ1v) is 9.52. The first-order chi connectivity index (χ1) is 9.74. The van der Waals surface area contributed by atoms with Gasteiger partial charge in [0.15, 0.2) is 0 Å². The van der Waals surface area contributed by atoms with Crippen molar-refractivity contribution in [1.82, 2.24) is 5.32 Å². The molecule has 0 amide bonds. The molecule has 20 heavy (non-hydrogen) atoms. The topological polar surface area (TPSA) is 32.3 Å². The van der Waals surface area contributed by atoms with Gasteiger partial charge >= 0.3 is 0 Å². The fourth-order valence-electron chi connectivity index (χ4n) is 3.13. The molecule has 0 heterocycles. The summed E-state index contributed by atoms with van der Waals surface area (Å²) in [5.74, 6) is 0.826. The van der Waals surface area contributed by atoms with E-state index in [0.29, 0.717) is 0 Å². The van der Waals surface area contributed by atoms with Crippen molar-refractivity contribution in [2.24, 2.45) is 0 Å². The SMILES string of the molecule is OSCCCNC1(Cc2ccc(I)cc2)CCCCC1. The Bertz CT molecular complexity index is 390. The summed E-state index contributed by atoms with van der Waals surface area (Å²) in [4.78, 5) is 0. The summed E-state index contributed by atoms with van der Waals surface area (Å²) in [5.41, 5.74) is 1.72. The lowest BCUT2D eigenvalue weighted by atomic mass is 9.77. The van der Waals surface area contributed by atoms with E-state index >= 15 is 0 Å². The molecule has 1 aromatic rings. The normalized spacial score (nSPS) is 18.1. The molecule has 0 unspecified atom stereocenters. The molecule has 1 aliphatic rings. The first kappa shape index (κ1) is 16.6. The van der Waals surface area contributed by atoms with Gasteiger partial charge in [0.05, 0.1) is 0 Å². The van der Waals surface area contributed by atoms with E-state index in [9.17, 15) is 0 Å². The molecule has 0 saturated heterocycles. The van der Waals surface area contributed by atoms with Gasteiger partial charge in [0.25, 0.3) is 0 Å². The van der Waals surface area contributed by atoms with Crippen molar-refractivity contribution in [1.29, 1.82) is 0 Å². The quantitative estimate of drug-likeness (QED) is 0.391. The molecule has 0 bridgehead atoms. The van der Waals surface area contributed by atoms with Gasteiger partial charge in [-0.2, -0.15) is 0 Å². The second-order valence-corrected chi connectivity index (χ2v) is 7.67. The third-order valence-electron chi connectivity index (χ3n) is 4.18. The molecule has 1 fully saturated rings. The Morgan fingerprint density at radius 1 is 1.15 bits per heavy atom. The molecule has 0 radical (unpaired) electrons. The maximum absolute atomic E-state index is 8.82. The van der Waals surface area contributed by atoms with Crippen LogP contribution in [0.5, 0.6) is 0 Å². The monoisotopic (exact) mass is 405 g/mol. The lowest BCUT2D eigenvalue weighted by Crippen LogP contribution is -2.49. The van der Waals surface area contributed by atoms with Crippen molar-refractivity contribution < 1.29 is 4.55 Å². The van der Waals surface area contributed by atoms with Gasteiger partial charge in [0, 0.05) is 14.9 Å². The van der Waals surface area contributed by atoms with Gasteiger partial charge in [0.2, 0.25) is 0 Å². The van der Waals surface area contributed by atoms with Crippen LogP contribution in [-0.2, 0) is 6.42 Å². The average molecular weight is 405 g/mol. The molecule has 0 aliphatic heterocycles. The van der Waals surface area contributed by atoms with E-state index in [0.717, 1.165) is 37.2 Å². The van der Waals surface area contributed by atoms with Crippen LogP contribution in [0, 0.1) is 3.57 Å². The average Bonchev–Trinajstić information content (AvgIpc) is 2.47. The lowest BCUT2D eigenvalue weighted by molar-refractivity contribution is 0.230. The number of halogens is 1. The zero-order chi connectivity index (χ0) is 14.3. The van der Waals surface area contributed by atoms with Crippen LogP contribution in [0.1, 0.15) is 44.1 Å². The summed E-state index contributed by atoms with van der Waals surface area (Å²) < 4.78 is 10.1. The van der Waals surface area contributed by atoms with Crippen LogP contribution in [0.4, 0.5) is 0 Å². The molecule has 2 nitrogen and oxygen atoms in total. The van der Waals surface area contributed by atoms with Gasteiger partial charge in [-0.1, -0.05) is 31.4 Å². The first-order valence-electron chi connectivity index (χ1n) is 7.50. The molecule has 112 valence electrons. The summed E-state index contributed by atoms with van der Waals surface area (Å²) in [6.07, 6.45) is 8.79. The molecule has 1 aliphatic carbocycles. The summed E-state index contributed by atoms with van der Waals surface area (Å²) in [6, 6.07) is 8.94. The fraction of sp³-hybridized carbons (Fsp3) is 0.625. The maximum atomic E-state index is 8.82. The number of rotatable bonds is 7. The van der Waals surface area contributed by atoms with Crippen LogP contribution in [0.2, 0.25) is 0 Å². The summed E-state index contributed by atoms with van der Waals surface area (Å²) in [5, 5.41) is 3.81. The smallest absolute Gasteiger partial charge is 0.0221 e. The third kappa shape index (κ3) is 5.20. The van der Waals surface area contributed by atoms with Gasteiger partial charge in [-0.05, 0) is 84.6 Å². The van der Waals surface area contributed by atoms with Crippen LogP contribution >= 0.6 is 34.6 Å². The second-order valence-electron chi connectivity index (χ2n) is 5.76. The van der Waals surface area contributed by atoms with Crippen molar-refractivity contribution in [3.8, 4) is 0 Å². The predicted molar refractivity (Wildman–Crippen MR) is 96.4 cm³/mol. The van der Waals surface area contributed by atoms with Gasteiger partial charge in [-0.15, -0.1) is 0 Å². The summed E-state index contributed by atoms with van der Waals surface area (Å²) in [6.45, 7) is 1.01. The van der Waals surface area contributed by atoms with Crippen molar-refractivity contribution in [2.45, 2.75) is 50.5 Å². The molecule has 0 aromatic heterocycles. The zero-order valence-electron chi connectivity index (χ0n) is 11.9. The Morgan fingerprint density at radius 3 is 2.50 bits per heavy atom. The van der Waals surface area contributed by atoms with E-state index in [1.54, 1.807) is 0 Å². The molecular formula is C16H24INOS. The fourth-order valence-corrected chi connectivity index (χ4v) is 3.76. The Morgan fingerprint density at radius 2 is 1.85 bits per heavy atom. The molecule has 0 spiro atoms. The summed E-state index contributed by atoms with van der Waals surface area (Å²) >= 11 is 3.31. The van der Waals surface area contributed by atoms with E-state index in [1.807, 2.05) is 0 Å². The number of hydrogen-bond acceptors (Lipinski definition) is 3. The number of benzene rings is 1. The van der Waals surface area contributed by atoms with Crippen molar-refractivity contribution >= 4 is 34.6 Å². The zero-order valence-corrected chi connectivity index (χ0v) is 14.9. The minimum Gasteiger partial charge on any atom is -0.330 e. The van der Waals surface area contributed by atoms with Gasteiger partial charge in [-0.3, -0.25) is 0 Å². The highest BCUT2D eigenvalue weighted by molar-refractivity contribution is 14.1. The number of hydrogen-bond donors (Lipinski definition) is 2. The molecule has 4 heteroatoms. The second kappa shape index (κ2) is 8.61. The lowest BCUT2D eigenvalue weighted by Gasteiger charge is -2.39. The van der Waals surface area contributed by atoms with Crippen LogP contribution in [-0.4, -0.2) is 22.4 Å². The Balaban J connectivity index is 1.96. The molecule has 1 aromatic carbocycles. The van der Waals surface area contributed by atoms with Crippen LogP contribution < -0.4 is 5.32 Å².